The number of nitrogens with zero attached hydrogens (tertiary/aromatic N) is 3. The second-order valence-electron chi connectivity index (χ2n) is 6.24. The zero-order chi connectivity index (χ0) is 17.4. The number of pyridine rings is 1. The second-order valence-corrected chi connectivity index (χ2v) is 6.68. The number of likely N-dealkylation sites (N-methyl/N-ethyl adjacent to an activating group) is 1. The van der Waals surface area contributed by atoms with Crippen LogP contribution in [0.15, 0.2) is 42.6 Å². The van der Waals surface area contributed by atoms with Crippen LogP contribution >= 0.6 is 24.0 Å². The van der Waals surface area contributed by atoms with Gasteiger partial charge in [-0.05, 0) is 25.5 Å². The zero-order valence-electron chi connectivity index (χ0n) is 14.7. The molecule has 0 aliphatic heterocycles. The second kappa shape index (κ2) is 7.46. The van der Waals surface area contributed by atoms with Crippen LogP contribution in [0.25, 0.3) is 16.9 Å². The Labute approximate surface area is 158 Å². The highest BCUT2D eigenvalue weighted by Gasteiger charge is 2.27. The van der Waals surface area contributed by atoms with Gasteiger partial charge in [-0.25, -0.2) is 4.98 Å². The summed E-state index contributed by atoms with van der Waals surface area (Å²) in [5, 5.41) is -0.798. The number of aryl methyl sites for hydroxylation is 2. The fourth-order valence-electron chi connectivity index (χ4n) is 2.68. The summed E-state index contributed by atoms with van der Waals surface area (Å²) in [5.41, 5.74) is 5.44. The highest BCUT2D eigenvalue weighted by molar-refractivity contribution is 6.31. The van der Waals surface area contributed by atoms with E-state index in [1.54, 1.807) is 14.1 Å². The van der Waals surface area contributed by atoms with Gasteiger partial charge in [0.1, 0.15) is 5.65 Å². The average molecular weight is 378 g/mol. The Morgan fingerprint density at radius 2 is 1.68 bits per heavy atom. The molecule has 6 heteroatoms. The first-order chi connectivity index (χ1) is 11.4. The summed E-state index contributed by atoms with van der Waals surface area (Å²) >= 11 is 6.56. The van der Waals surface area contributed by atoms with E-state index in [2.05, 4.69) is 0 Å². The van der Waals surface area contributed by atoms with Crippen molar-refractivity contribution in [2.75, 3.05) is 14.1 Å². The maximum atomic E-state index is 12.5. The number of aromatic nitrogens is 2. The SMILES string of the molecule is Cc1ccc(-c2nc3ccc(C)cn3c2C(Cl)C(=O)N(C)C)cc1.Cl. The van der Waals surface area contributed by atoms with Gasteiger partial charge in [-0.15, -0.1) is 24.0 Å². The molecule has 0 saturated carbocycles. The van der Waals surface area contributed by atoms with Gasteiger partial charge in [0.15, 0.2) is 5.38 Å². The molecule has 1 amide bonds. The first kappa shape index (κ1) is 19.3. The zero-order valence-corrected chi connectivity index (χ0v) is 16.2. The van der Waals surface area contributed by atoms with Gasteiger partial charge in [-0.2, -0.15) is 0 Å². The van der Waals surface area contributed by atoms with E-state index in [1.807, 2.05) is 60.8 Å². The van der Waals surface area contributed by atoms with Crippen molar-refractivity contribution in [3.8, 4) is 11.3 Å². The van der Waals surface area contributed by atoms with Crippen molar-refractivity contribution < 1.29 is 4.79 Å². The summed E-state index contributed by atoms with van der Waals surface area (Å²) in [5.74, 6) is -0.159. The molecule has 0 radical (unpaired) electrons. The topological polar surface area (TPSA) is 37.6 Å². The molecular weight excluding hydrogens is 357 g/mol. The van der Waals surface area contributed by atoms with Gasteiger partial charge < -0.3 is 9.30 Å². The van der Waals surface area contributed by atoms with E-state index < -0.39 is 5.38 Å². The molecule has 0 N–H and O–H groups in total. The number of carbonyl (C=O) groups excluding carboxylic acids is 1. The molecule has 2 heterocycles. The van der Waals surface area contributed by atoms with E-state index in [0.29, 0.717) is 5.69 Å². The van der Waals surface area contributed by atoms with Crippen LogP contribution in [0.4, 0.5) is 0 Å². The minimum absolute atomic E-state index is 0. The Hall–Kier alpha value is -2.04. The number of imidazole rings is 1. The lowest BCUT2D eigenvalue weighted by atomic mass is 10.1. The van der Waals surface area contributed by atoms with E-state index in [4.69, 9.17) is 16.6 Å². The first-order valence-corrected chi connectivity index (χ1v) is 8.23. The molecule has 0 fully saturated rings. The Morgan fingerprint density at radius 1 is 1.08 bits per heavy atom. The van der Waals surface area contributed by atoms with Crippen LogP contribution in [0, 0.1) is 13.8 Å². The van der Waals surface area contributed by atoms with Crippen molar-refractivity contribution in [1.82, 2.24) is 14.3 Å². The fraction of sp³-hybridized carbons (Fsp3) is 0.263. The Kier molecular flexibility index (Phi) is 5.76. The minimum Gasteiger partial charge on any atom is -0.347 e. The van der Waals surface area contributed by atoms with Crippen molar-refractivity contribution in [3.63, 3.8) is 0 Å². The maximum Gasteiger partial charge on any atom is 0.246 e. The van der Waals surface area contributed by atoms with Crippen LogP contribution in [-0.4, -0.2) is 34.3 Å². The Morgan fingerprint density at radius 3 is 2.28 bits per heavy atom. The lowest BCUT2D eigenvalue weighted by Gasteiger charge is -2.16. The molecule has 1 atom stereocenters. The third kappa shape index (κ3) is 3.65. The molecule has 25 heavy (non-hydrogen) atoms. The molecule has 2 aromatic heterocycles. The van der Waals surface area contributed by atoms with E-state index >= 15 is 0 Å². The summed E-state index contributed by atoms with van der Waals surface area (Å²) in [7, 11) is 3.41. The van der Waals surface area contributed by atoms with Crippen LogP contribution in [0.5, 0.6) is 0 Å². The fourth-order valence-corrected chi connectivity index (χ4v) is 3.08. The highest BCUT2D eigenvalue weighted by Crippen LogP contribution is 2.33. The van der Waals surface area contributed by atoms with E-state index in [9.17, 15) is 4.79 Å². The summed E-state index contributed by atoms with van der Waals surface area (Å²) in [4.78, 5) is 18.7. The van der Waals surface area contributed by atoms with E-state index in [-0.39, 0.29) is 18.3 Å². The van der Waals surface area contributed by atoms with Crippen LogP contribution in [0.3, 0.4) is 0 Å². The number of benzene rings is 1. The number of hydrogen-bond acceptors (Lipinski definition) is 2. The minimum atomic E-state index is -0.798. The monoisotopic (exact) mass is 377 g/mol. The molecule has 0 bridgehead atoms. The van der Waals surface area contributed by atoms with Crippen molar-refractivity contribution in [2.45, 2.75) is 19.2 Å². The van der Waals surface area contributed by atoms with Crippen molar-refractivity contribution in [1.29, 1.82) is 0 Å². The molecule has 3 aromatic rings. The maximum absolute atomic E-state index is 12.5. The number of rotatable bonds is 3. The number of halogens is 2. The van der Waals surface area contributed by atoms with Crippen LogP contribution in [0.2, 0.25) is 0 Å². The number of amides is 1. The molecule has 0 saturated heterocycles. The molecule has 0 spiro atoms. The van der Waals surface area contributed by atoms with Gasteiger partial charge in [0.05, 0.1) is 11.4 Å². The highest BCUT2D eigenvalue weighted by atomic mass is 35.5. The van der Waals surface area contributed by atoms with Gasteiger partial charge >= 0.3 is 0 Å². The lowest BCUT2D eigenvalue weighted by molar-refractivity contribution is -0.128. The van der Waals surface area contributed by atoms with E-state index in [0.717, 1.165) is 22.5 Å². The lowest BCUT2D eigenvalue weighted by Crippen LogP contribution is -2.26. The molecule has 3 rings (SSSR count). The predicted octanol–water partition coefficient (Wildman–Crippen LogP) is 4.41. The summed E-state index contributed by atoms with van der Waals surface area (Å²) in [6.45, 7) is 4.05. The standard InChI is InChI=1S/C19H20ClN3O.ClH/c1-12-5-8-14(9-6-12)17-18(16(20)19(24)22(3)4)23-11-13(2)7-10-15(23)21-17;/h5-11,16H,1-4H3;1H. The number of carbonyl (C=O) groups is 1. The van der Waals surface area contributed by atoms with Crippen LogP contribution in [0.1, 0.15) is 22.2 Å². The predicted molar refractivity (Wildman–Crippen MR) is 105 cm³/mol. The van der Waals surface area contributed by atoms with E-state index in [1.165, 1.54) is 10.5 Å². The average Bonchev–Trinajstić information content (AvgIpc) is 2.92. The molecule has 132 valence electrons. The molecular formula is C19H21Cl2N3O. The first-order valence-electron chi connectivity index (χ1n) is 7.79. The Balaban J connectivity index is 0.00000225. The summed E-state index contributed by atoms with van der Waals surface area (Å²) in [6.07, 6.45) is 1.97. The number of alkyl halides is 1. The third-order valence-electron chi connectivity index (χ3n) is 4.03. The van der Waals surface area contributed by atoms with Gasteiger partial charge in [0.2, 0.25) is 5.91 Å². The van der Waals surface area contributed by atoms with Crippen molar-refractivity contribution in [2.24, 2.45) is 0 Å². The van der Waals surface area contributed by atoms with Crippen LogP contribution in [-0.2, 0) is 4.79 Å². The van der Waals surface area contributed by atoms with Gasteiger partial charge in [-0.1, -0.05) is 35.9 Å². The molecule has 1 aromatic carbocycles. The molecule has 0 aliphatic rings. The normalized spacial score (nSPS) is 11.9. The van der Waals surface area contributed by atoms with Gasteiger partial charge in [0.25, 0.3) is 0 Å². The van der Waals surface area contributed by atoms with Gasteiger partial charge in [-0.3, -0.25) is 4.79 Å². The van der Waals surface area contributed by atoms with Crippen molar-refractivity contribution >= 4 is 35.6 Å². The number of hydrogen-bond donors (Lipinski definition) is 0. The number of fused-ring (bicyclic) bond motifs is 1. The third-order valence-corrected chi connectivity index (χ3v) is 4.42. The summed E-state index contributed by atoms with van der Waals surface area (Å²) in [6, 6.07) is 12.0. The van der Waals surface area contributed by atoms with Crippen molar-refractivity contribution in [3.05, 3.63) is 59.4 Å². The molecule has 4 nitrogen and oxygen atoms in total. The molecule has 1 unspecified atom stereocenters. The quantitative estimate of drug-likeness (QED) is 0.634. The Bertz CT molecular complexity index is 901. The van der Waals surface area contributed by atoms with Gasteiger partial charge in [0, 0.05) is 25.9 Å². The largest absolute Gasteiger partial charge is 0.347 e. The smallest absolute Gasteiger partial charge is 0.246 e. The summed E-state index contributed by atoms with van der Waals surface area (Å²) < 4.78 is 1.92. The van der Waals surface area contributed by atoms with Crippen LogP contribution < -0.4 is 0 Å². The molecule has 0 aliphatic carbocycles.